The van der Waals surface area contributed by atoms with Gasteiger partial charge in [0.15, 0.2) is 0 Å². The highest BCUT2D eigenvalue weighted by Gasteiger charge is 2.25. The second-order valence-electron chi connectivity index (χ2n) is 4.15. The van der Waals surface area contributed by atoms with E-state index in [1.165, 1.54) is 0 Å². The number of carbonyl (C=O) groups is 1. The van der Waals surface area contributed by atoms with Gasteiger partial charge in [-0.05, 0) is 24.3 Å². The Kier molecular flexibility index (Phi) is 2.62. The fourth-order valence-electron chi connectivity index (χ4n) is 2.01. The van der Waals surface area contributed by atoms with Crippen molar-refractivity contribution in [2.24, 2.45) is 4.99 Å². The second-order valence-corrected chi connectivity index (χ2v) is 4.15. The van der Waals surface area contributed by atoms with Crippen LogP contribution in [-0.2, 0) is 4.79 Å². The van der Waals surface area contributed by atoms with E-state index < -0.39 is 0 Å². The molecule has 0 saturated carbocycles. The van der Waals surface area contributed by atoms with E-state index in [1.807, 2.05) is 42.5 Å². The smallest absolute Gasteiger partial charge is 0.275 e. The molecule has 1 amide bonds. The van der Waals surface area contributed by atoms with Gasteiger partial charge in [0.2, 0.25) is 0 Å². The highest BCUT2D eigenvalue weighted by molar-refractivity contribution is 6.54. The van der Waals surface area contributed by atoms with Gasteiger partial charge in [0.1, 0.15) is 5.71 Å². The third kappa shape index (κ3) is 2.00. The minimum Gasteiger partial charge on any atom is -0.320 e. The van der Waals surface area contributed by atoms with Gasteiger partial charge in [0.05, 0.1) is 11.4 Å². The van der Waals surface area contributed by atoms with Crippen LogP contribution in [0.5, 0.6) is 0 Å². The van der Waals surface area contributed by atoms with Crippen LogP contribution in [0.3, 0.4) is 0 Å². The van der Waals surface area contributed by atoms with Gasteiger partial charge >= 0.3 is 0 Å². The highest BCUT2D eigenvalue weighted by Crippen LogP contribution is 2.25. The standard InChI is InChI=1S/C16H10N2O/c1-2-11-6-5-7-12(10-11)17-15-13-8-3-4-9-14(13)18-16(15)19/h1,3-10H,(H,17,18,19). The van der Waals surface area contributed by atoms with Gasteiger partial charge in [-0.3, -0.25) is 4.79 Å². The molecule has 0 spiro atoms. The molecule has 0 radical (unpaired) electrons. The number of fused-ring (bicyclic) bond motifs is 1. The van der Waals surface area contributed by atoms with Gasteiger partial charge < -0.3 is 5.32 Å². The Morgan fingerprint density at radius 3 is 2.79 bits per heavy atom. The number of hydrogen-bond donors (Lipinski definition) is 1. The van der Waals surface area contributed by atoms with E-state index in [9.17, 15) is 4.79 Å². The maximum absolute atomic E-state index is 11.9. The number of aliphatic imine (C=N–C) groups is 1. The largest absolute Gasteiger partial charge is 0.320 e. The molecule has 0 saturated heterocycles. The van der Waals surface area contributed by atoms with Crippen LogP contribution in [0.4, 0.5) is 11.4 Å². The summed E-state index contributed by atoms with van der Waals surface area (Å²) in [6, 6.07) is 14.7. The summed E-state index contributed by atoms with van der Waals surface area (Å²) in [7, 11) is 0. The molecule has 1 aliphatic rings. The SMILES string of the molecule is C#Cc1cccc(N=C2C(=O)Nc3ccccc32)c1. The van der Waals surface area contributed by atoms with Crippen LogP contribution in [0, 0.1) is 12.3 Å². The number of anilines is 1. The van der Waals surface area contributed by atoms with Crippen LogP contribution in [0.1, 0.15) is 11.1 Å². The van der Waals surface area contributed by atoms with Crippen molar-refractivity contribution in [1.82, 2.24) is 0 Å². The molecule has 3 nitrogen and oxygen atoms in total. The minimum absolute atomic E-state index is 0.188. The molecule has 0 unspecified atom stereocenters. The summed E-state index contributed by atoms with van der Waals surface area (Å²) < 4.78 is 0. The average Bonchev–Trinajstić information content (AvgIpc) is 2.76. The summed E-state index contributed by atoms with van der Waals surface area (Å²) in [4.78, 5) is 16.3. The van der Waals surface area contributed by atoms with Gasteiger partial charge in [-0.2, -0.15) is 0 Å². The fourth-order valence-corrected chi connectivity index (χ4v) is 2.01. The molecular formula is C16H10N2O. The van der Waals surface area contributed by atoms with Crippen molar-refractivity contribution in [2.75, 3.05) is 5.32 Å². The normalized spacial score (nSPS) is 14.9. The monoisotopic (exact) mass is 246 g/mol. The summed E-state index contributed by atoms with van der Waals surface area (Å²) in [5, 5.41) is 2.79. The van der Waals surface area contributed by atoms with Crippen molar-refractivity contribution in [1.29, 1.82) is 0 Å². The van der Waals surface area contributed by atoms with E-state index in [0.717, 1.165) is 16.8 Å². The zero-order chi connectivity index (χ0) is 13.2. The predicted octanol–water partition coefficient (Wildman–Crippen LogP) is 2.74. The number of rotatable bonds is 1. The lowest BCUT2D eigenvalue weighted by Crippen LogP contribution is -2.13. The van der Waals surface area contributed by atoms with Crippen LogP contribution in [-0.4, -0.2) is 11.6 Å². The quantitative estimate of drug-likeness (QED) is 0.772. The van der Waals surface area contributed by atoms with Gasteiger partial charge in [0, 0.05) is 11.1 Å². The topological polar surface area (TPSA) is 41.5 Å². The average molecular weight is 246 g/mol. The van der Waals surface area contributed by atoms with Crippen LogP contribution in [0.15, 0.2) is 53.5 Å². The van der Waals surface area contributed by atoms with Crippen molar-refractivity contribution in [3.8, 4) is 12.3 Å². The van der Waals surface area contributed by atoms with E-state index >= 15 is 0 Å². The minimum atomic E-state index is -0.188. The number of amides is 1. The molecule has 1 N–H and O–H groups in total. The van der Waals surface area contributed by atoms with E-state index in [0.29, 0.717) is 11.4 Å². The van der Waals surface area contributed by atoms with Crippen molar-refractivity contribution in [2.45, 2.75) is 0 Å². The van der Waals surface area contributed by atoms with E-state index in [1.54, 1.807) is 6.07 Å². The summed E-state index contributed by atoms with van der Waals surface area (Å²) in [5.74, 6) is 2.37. The maximum Gasteiger partial charge on any atom is 0.275 e. The summed E-state index contributed by atoms with van der Waals surface area (Å²) in [6.07, 6.45) is 5.35. The van der Waals surface area contributed by atoms with Crippen molar-refractivity contribution < 1.29 is 4.79 Å². The Bertz CT molecular complexity index is 738. The summed E-state index contributed by atoms with van der Waals surface area (Å²) >= 11 is 0. The Morgan fingerprint density at radius 1 is 1.11 bits per heavy atom. The zero-order valence-electron chi connectivity index (χ0n) is 10.1. The summed E-state index contributed by atoms with van der Waals surface area (Å²) in [6.45, 7) is 0. The third-order valence-corrected chi connectivity index (χ3v) is 2.90. The molecular weight excluding hydrogens is 236 g/mol. The van der Waals surface area contributed by atoms with Crippen LogP contribution >= 0.6 is 0 Å². The van der Waals surface area contributed by atoms with Gasteiger partial charge in [-0.1, -0.05) is 30.2 Å². The molecule has 0 bridgehead atoms. The Morgan fingerprint density at radius 2 is 1.95 bits per heavy atom. The molecule has 0 aliphatic carbocycles. The molecule has 1 heterocycles. The Balaban J connectivity index is 2.09. The zero-order valence-corrected chi connectivity index (χ0v) is 10.1. The van der Waals surface area contributed by atoms with Gasteiger partial charge in [-0.15, -0.1) is 6.42 Å². The van der Waals surface area contributed by atoms with Crippen molar-refractivity contribution >= 4 is 23.0 Å². The Hall–Kier alpha value is -2.86. The molecule has 1 aliphatic heterocycles. The lowest BCUT2D eigenvalue weighted by Gasteiger charge is -1.98. The molecule has 2 aromatic carbocycles. The van der Waals surface area contributed by atoms with Gasteiger partial charge in [0.25, 0.3) is 5.91 Å². The van der Waals surface area contributed by atoms with Crippen molar-refractivity contribution in [3.05, 3.63) is 59.7 Å². The lowest BCUT2D eigenvalue weighted by atomic mass is 10.1. The fraction of sp³-hybridized carbons (Fsp3) is 0. The first kappa shape index (κ1) is 11.2. The molecule has 3 rings (SSSR count). The van der Waals surface area contributed by atoms with E-state index in [-0.39, 0.29) is 5.91 Å². The first-order valence-corrected chi connectivity index (χ1v) is 5.84. The van der Waals surface area contributed by atoms with Crippen molar-refractivity contribution in [3.63, 3.8) is 0 Å². The van der Waals surface area contributed by atoms with Crippen LogP contribution in [0.2, 0.25) is 0 Å². The van der Waals surface area contributed by atoms with Crippen LogP contribution < -0.4 is 5.32 Å². The number of nitrogens with zero attached hydrogens (tertiary/aromatic N) is 1. The molecule has 19 heavy (non-hydrogen) atoms. The third-order valence-electron chi connectivity index (χ3n) is 2.90. The number of benzene rings is 2. The van der Waals surface area contributed by atoms with Crippen LogP contribution in [0.25, 0.3) is 0 Å². The molecule has 0 fully saturated rings. The Labute approximate surface area is 111 Å². The number of terminal acetylenes is 1. The van der Waals surface area contributed by atoms with Gasteiger partial charge in [-0.25, -0.2) is 4.99 Å². The lowest BCUT2D eigenvalue weighted by molar-refractivity contribution is -0.110. The first-order valence-electron chi connectivity index (χ1n) is 5.84. The maximum atomic E-state index is 11.9. The first-order chi connectivity index (χ1) is 9.28. The predicted molar refractivity (Wildman–Crippen MR) is 75.6 cm³/mol. The number of para-hydroxylation sites is 1. The number of hydrogen-bond acceptors (Lipinski definition) is 2. The highest BCUT2D eigenvalue weighted by atomic mass is 16.2. The molecule has 3 heteroatoms. The molecule has 0 atom stereocenters. The molecule has 90 valence electrons. The molecule has 0 aromatic heterocycles. The van der Waals surface area contributed by atoms with E-state index in [2.05, 4.69) is 16.2 Å². The number of nitrogens with one attached hydrogen (secondary N) is 1. The molecule has 2 aromatic rings. The summed E-state index contributed by atoms with van der Waals surface area (Å²) in [5.41, 5.74) is 3.45. The second kappa shape index (κ2) is 4.43. The van der Waals surface area contributed by atoms with E-state index in [4.69, 9.17) is 6.42 Å². The number of carbonyl (C=O) groups excluding carboxylic acids is 1.